The van der Waals surface area contributed by atoms with Gasteiger partial charge in [0.2, 0.25) is 5.91 Å². The summed E-state index contributed by atoms with van der Waals surface area (Å²) in [6.45, 7) is 0. The molecule has 1 amide bonds. The maximum Gasteiger partial charge on any atom is 0.262 e. The summed E-state index contributed by atoms with van der Waals surface area (Å²) in [6.07, 6.45) is 3.04. The molecule has 0 saturated heterocycles. The number of aromatic nitrogens is 2. The molecule has 2 heterocycles. The Balaban J connectivity index is 1.52. The van der Waals surface area contributed by atoms with Crippen molar-refractivity contribution in [2.45, 2.75) is 24.4 Å². The van der Waals surface area contributed by atoms with Crippen molar-refractivity contribution in [3.63, 3.8) is 0 Å². The summed E-state index contributed by atoms with van der Waals surface area (Å²) in [4.78, 5) is 32.0. The second-order valence-electron chi connectivity index (χ2n) is 6.82. The third-order valence-corrected chi connectivity index (χ3v) is 7.50. The van der Waals surface area contributed by atoms with Crippen molar-refractivity contribution in [2.24, 2.45) is 7.05 Å². The van der Waals surface area contributed by atoms with Crippen LogP contribution in [0, 0.1) is 0 Å². The largest absolute Gasteiger partial charge is 0.495 e. The van der Waals surface area contributed by atoms with Crippen LogP contribution in [0.25, 0.3) is 10.2 Å². The standard InChI is InChI=1S/C20H20ClN3O4S2/c1-24-19(26)17-10-5-4-6-15(10)30-18(17)23-20(24)29-9-16(25)22-12-7-11(21)13(27-2)8-14(12)28-3/h7-8H,4-6,9H2,1-3H3,(H,22,25). The topological polar surface area (TPSA) is 82.5 Å². The molecule has 3 aromatic rings. The molecule has 0 aliphatic heterocycles. The zero-order valence-electron chi connectivity index (χ0n) is 16.7. The first-order valence-corrected chi connectivity index (χ1v) is 11.5. The van der Waals surface area contributed by atoms with Gasteiger partial charge in [-0.3, -0.25) is 14.2 Å². The van der Waals surface area contributed by atoms with Crippen molar-refractivity contribution in [2.75, 3.05) is 25.3 Å². The zero-order valence-corrected chi connectivity index (χ0v) is 19.1. The van der Waals surface area contributed by atoms with Gasteiger partial charge in [0.1, 0.15) is 16.3 Å². The summed E-state index contributed by atoms with van der Waals surface area (Å²) in [7, 11) is 4.70. The Morgan fingerprint density at radius 3 is 2.80 bits per heavy atom. The number of nitrogens with zero attached hydrogens (tertiary/aromatic N) is 2. The number of carbonyl (C=O) groups is 1. The number of thiophene rings is 1. The van der Waals surface area contributed by atoms with Crippen LogP contribution in [0.15, 0.2) is 22.1 Å². The molecule has 1 aliphatic rings. The highest BCUT2D eigenvalue weighted by Crippen LogP contribution is 2.37. The number of rotatable bonds is 6. The van der Waals surface area contributed by atoms with Crippen LogP contribution >= 0.6 is 34.7 Å². The first-order chi connectivity index (χ1) is 14.4. The number of methoxy groups -OCH3 is 2. The number of hydrogen-bond acceptors (Lipinski definition) is 7. The van der Waals surface area contributed by atoms with E-state index in [9.17, 15) is 9.59 Å². The van der Waals surface area contributed by atoms with Gasteiger partial charge in [-0.2, -0.15) is 0 Å². The molecule has 0 spiro atoms. The molecule has 158 valence electrons. The summed E-state index contributed by atoms with van der Waals surface area (Å²) in [6, 6.07) is 3.19. The lowest BCUT2D eigenvalue weighted by atomic mass is 10.2. The SMILES string of the molecule is COc1cc(OC)c(NC(=O)CSc2nc3sc4c(c3c(=O)n2C)CCC4)cc1Cl. The van der Waals surface area contributed by atoms with Gasteiger partial charge in [-0.25, -0.2) is 4.98 Å². The number of anilines is 1. The van der Waals surface area contributed by atoms with Crippen molar-refractivity contribution in [3.8, 4) is 11.5 Å². The van der Waals surface area contributed by atoms with E-state index in [1.807, 2.05) is 0 Å². The van der Waals surface area contributed by atoms with Crippen LogP contribution < -0.4 is 20.3 Å². The van der Waals surface area contributed by atoms with Crippen molar-refractivity contribution >= 4 is 56.5 Å². The molecular formula is C20H20ClN3O4S2. The number of nitrogens with one attached hydrogen (secondary N) is 1. The van der Waals surface area contributed by atoms with Gasteiger partial charge in [-0.05, 0) is 30.9 Å². The monoisotopic (exact) mass is 465 g/mol. The highest BCUT2D eigenvalue weighted by Gasteiger charge is 2.23. The van der Waals surface area contributed by atoms with Crippen LogP contribution in [0.3, 0.4) is 0 Å². The van der Waals surface area contributed by atoms with Gasteiger partial charge >= 0.3 is 0 Å². The van der Waals surface area contributed by atoms with E-state index in [-0.39, 0.29) is 17.2 Å². The van der Waals surface area contributed by atoms with Gasteiger partial charge in [0.25, 0.3) is 5.56 Å². The van der Waals surface area contributed by atoms with Gasteiger partial charge < -0.3 is 14.8 Å². The number of halogens is 1. The maximum atomic E-state index is 12.9. The normalized spacial score (nSPS) is 12.8. The molecule has 4 rings (SSSR count). The number of fused-ring (bicyclic) bond motifs is 3. The summed E-state index contributed by atoms with van der Waals surface area (Å²) < 4.78 is 12.0. The molecule has 1 aliphatic carbocycles. The lowest BCUT2D eigenvalue weighted by Gasteiger charge is -2.13. The maximum absolute atomic E-state index is 12.9. The first-order valence-electron chi connectivity index (χ1n) is 9.28. The van der Waals surface area contributed by atoms with Gasteiger partial charge in [0.05, 0.1) is 36.1 Å². The molecular weight excluding hydrogens is 446 g/mol. The summed E-state index contributed by atoms with van der Waals surface area (Å²) in [5, 5.41) is 4.41. The number of amides is 1. The van der Waals surface area contributed by atoms with E-state index in [1.165, 1.54) is 35.4 Å². The molecule has 0 fully saturated rings. The van der Waals surface area contributed by atoms with Crippen LogP contribution in [0.4, 0.5) is 5.69 Å². The van der Waals surface area contributed by atoms with Crippen molar-refractivity contribution in [3.05, 3.63) is 37.9 Å². The molecule has 1 N–H and O–H groups in total. The third-order valence-electron chi connectivity index (χ3n) is 4.99. The second kappa shape index (κ2) is 8.49. The molecule has 0 saturated carbocycles. The Morgan fingerprint density at radius 2 is 2.07 bits per heavy atom. The molecule has 30 heavy (non-hydrogen) atoms. The number of thioether (sulfide) groups is 1. The fourth-order valence-corrected chi connectivity index (χ4v) is 5.82. The van der Waals surface area contributed by atoms with E-state index in [4.69, 9.17) is 21.1 Å². The van der Waals surface area contributed by atoms with Gasteiger partial charge in [0, 0.05) is 18.0 Å². The predicted molar refractivity (Wildman–Crippen MR) is 121 cm³/mol. The highest BCUT2D eigenvalue weighted by molar-refractivity contribution is 7.99. The smallest absolute Gasteiger partial charge is 0.262 e. The number of ether oxygens (including phenoxy) is 2. The number of aryl methyl sites for hydroxylation is 2. The van der Waals surface area contributed by atoms with Crippen LogP contribution in [0.1, 0.15) is 16.9 Å². The molecule has 0 radical (unpaired) electrons. The molecule has 0 atom stereocenters. The number of carbonyl (C=O) groups excluding carboxylic acids is 1. The van der Waals surface area contributed by atoms with Crippen LogP contribution in [0.2, 0.25) is 5.02 Å². The Labute approximate surface area is 186 Å². The number of benzene rings is 1. The van der Waals surface area contributed by atoms with Crippen molar-refractivity contribution in [1.82, 2.24) is 9.55 Å². The highest BCUT2D eigenvalue weighted by atomic mass is 35.5. The first kappa shape index (κ1) is 21.0. The van der Waals surface area contributed by atoms with Crippen LogP contribution in [0.5, 0.6) is 11.5 Å². The Morgan fingerprint density at radius 1 is 1.30 bits per heavy atom. The summed E-state index contributed by atoms with van der Waals surface area (Å²) in [5.41, 5.74) is 1.55. The van der Waals surface area contributed by atoms with E-state index < -0.39 is 0 Å². The molecule has 10 heteroatoms. The van der Waals surface area contributed by atoms with E-state index in [1.54, 1.807) is 30.5 Å². The minimum absolute atomic E-state index is 0.0501. The Bertz CT molecular complexity index is 1210. The fraction of sp³-hybridized carbons (Fsp3) is 0.350. The van der Waals surface area contributed by atoms with Crippen molar-refractivity contribution < 1.29 is 14.3 Å². The molecule has 7 nitrogen and oxygen atoms in total. The average molecular weight is 466 g/mol. The average Bonchev–Trinajstić information content (AvgIpc) is 3.30. The minimum Gasteiger partial charge on any atom is -0.495 e. The zero-order chi connectivity index (χ0) is 21.4. The van der Waals surface area contributed by atoms with Crippen molar-refractivity contribution in [1.29, 1.82) is 0 Å². The van der Waals surface area contributed by atoms with Crippen LogP contribution in [-0.2, 0) is 24.7 Å². The Hall–Kier alpha value is -2.23. The quantitative estimate of drug-likeness (QED) is 0.439. The van der Waals surface area contributed by atoms with E-state index in [0.29, 0.717) is 27.4 Å². The molecule has 1 aromatic carbocycles. The number of hydrogen-bond donors (Lipinski definition) is 1. The van der Waals surface area contributed by atoms with Crippen LogP contribution in [-0.4, -0.2) is 35.4 Å². The van der Waals surface area contributed by atoms with E-state index in [0.717, 1.165) is 35.0 Å². The second-order valence-corrected chi connectivity index (χ2v) is 9.25. The van der Waals surface area contributed by atoms with Gasteiger partial charge in [-0.1, -0.05) is 23.4 Å². The van der Waals surface area contributed by atoms with Gasteiger partial charge in [0.15, 0.2) is 5.16 Å². The molecule has 0 unspecified atom stereocenters. The van der Waals surface area contributed by atoms with E-state index >= 15 is 0 Å². The Kier molecular flexibility index (Phi) is 5.95. The molecule has 2 aromatic heterocycles. The van der Waals surface area contributed by atoms with E-state index in [2.05, 4.69) is 10.3 Å². The lowest BCUT2D eigenvalue weighted by Crippen LogP contribution is -2.21. The predicted octanol–water partition coefficient (Wildman–Crippen LogP) is 3.89. The molecule has 0 bridgehead atoms. The summed E-state index contributed by atoms with van der Waals surface area (Å²) >= 11 is 8.96. The summed E-state index contributed by atoms with van der Waals surface area (Å²) in [5.74, 6) is 0.720. The lowest BCUT2D eigenvalue weighted by molar-refractivity contribution is -0.113. The minimum atomic E-state index is -0.262. The third kappa shape index (κ3) is 3.77. The fourth-order valence-electron chi connectivity index (χ4n) is 3.51. The van der Waals surface area contributed by atoms with Gasteiger partial charge in [-0.15, -0.1) is 11.3 Å².